The first kappa shape index (κ1) is 12.6. The number of benzene rings is 1. The van der Waals surface area contributed by atoms with Gasteiger partial charge in [0.15, 0.2) is 12.4 Å². The van der Waals surface area contributed by atoms with Gasteiger partial charge < -0.3 is 9.84 Å². The molecule has 0 bridgehead atoms. The first-order chi connectivity index (χ1) is 8.70. The predicted octanol–water partition coefficient (Wildman–Crippen LogP) is 1.80. The number of nitrogens with zero attached hydrogens (tertiary/aromatic N) is 1. The summed E-state index contributed by atoms with van der Waals surface area (Å²) in [6.45, 7) is 0. The van der Waals surface area contributed by atoms with E-state index in [0.29, 0.717) is 6.42 Å². The number of pyridine rings is 1. The van der Waals surface area contributed by atoms with Crippen LogP contribution in [-0.2, 0) is 13.5 Å². The lowest BCUT2D eigenvalue weighted by molar-refractivity contribution is -0.671. The lowest BCUT2D eigenvalue weighted by Gasteiger charge is -2.13. The molecule has 0 amide bonds. The Balaban J connectivity index is 2.15. The van der Waals surface area contributed by atoms with E-state index in [9.17, 15) is 5.11 Å². The normalized spacial score (nSPS) is 12.2. The van der Waals surface area contributed by atoms with E-state index in [-0.39, 0.29) is 0 Å². The Morgan fingerprint density at radius 3 is 2.50 bits per heavy atom. The van der Waals surface area contributed by atoms with Crippen LogP contribution in [0.2, 0.25) is 0 Å². The Labute approximate surface area is 107 Å². The number of aliphatic hydroxyl groups is 1. The summed E-state index contributed by atoms with van der Waals surface area (Å²) in [5, 5.41) is 10.2. The fourth-order valence-corrected chi connectivity index (χ4v) is 1.93. The summed E-state index contributed by atoms with van der Waals surface area (Å²) in [5.41, 5.74) is 1.93. The highest BCUT2D eigenvalue weighted by Gasteiger charge is 2.12. The number of ether oxygens (including phenoxy) is 1. The Morgan fingerprint density at radius 2 is 1.83 bits per heavy atom. The molecule has 0 aliphatic rings. The number of aryl methyl sites for hydroxylation is 1. The van der Waals surface area contributed by atoms with Gasteiger partial charge in [0.05, 0.1) is 13.2 Å². The zero-order valence-corrected chi connectivity index (χ0v) is 10.7. The summed E-state index contributed by atoms with van der Waals surface area (Å²) in [6.07, 6.45) is 3.90. The minimum atomic E-state index is -0.512. The molecule has 2 aromatic rings. The van der Waals surface area contributed by atoms with E-state index in [1.807, 2.05) is 60.4 Å². The molecule has 1 heterocycles. The van der Waals surface area contributed by atoms with E-state index in [1.165, 1.54) is 0 Å². The SMILES string of the molecule is COc1ccccc1CC(O)c1cc[n+](C)cc1. The van der Waals surface area contributed by atoms with Gasteiger partial charge in [-0.3, -0.25) is 0 Å². The number of hydrogen-bond acceptors (Lipinski definition) is 2. The number of aromatic nitrogens is 1. The van der Waals surface area contributed by atoms with Crippen LogP contribution in [0.25, 0.3) is 0 Å². The second kappa shape index (κ2) is 5.65. The molecule has 3 heteroatoms. The second-order valence-corrected chi connectivity index (χ2v) is 4.33. The fraction of sp³-hybridized carbons (Fsp3) is 0.267. The van der Waals surface area contributed by atoms with Crippen LogP contribution in [0.1, 0.15) is 17.2 Å². The fourth-order valence-electron chi connectivity index (χ4n) is 1.93. The summed E-state index contributed by atoms with van der Waals surface area (Å²) in [4.78, 5) is 0. The van der Waals surface area contributed by atoms with Crippen molar-refractivity contribution in [3.63, 3.8) is 0 Å². The van der Waals surface area contributed by atoms with Crippen molar-refractivity contribution in [3.8, 4) is 5.75 Å². The van der Waals surface area contributed by atoms with Gasteiger partial charge in [-0.25, -0.2) is 4.57 Å². The molecule has 0 radical (unpaired) electrons. The average Bonchev–Trinajstić information content (AvgIpc) is 2.40. The summed E-state index contributed by atoms with van der Waals surface area (Å²) >= 11 is 0. The lowest BCUT2D eigenvalue weighted by atomic mass is 10.0. The van der Waals surface area contributed by atoms with Crippen molar-refractivity contribution in [2.45, 2.75) is 12.5 Å². The largest absolute Gasteiger partial charge is 0.496 e. The Kier molecular flexibility index (Phi) is 3.95. The maximum Gasteiger partial charge on any atom is 0.168 e. The molecule has 1 N–H and O–H groups in total. The molecule has 0 fully saturated rings. The molecule has 1 unspecified atom stereocenters. The van der Waals surface area contributed by atoms with Crippen molar-refractivity contribution >= 4 is 0 Å². The number of hydrogen-bond donors (Lipinski definition) is 1. The Bertz CT molecular complexity index is 508. The van der Waals surface area contributed by atoms with Gasteiger partial charge in [0.2, 0.25) is 0 Å². The van der Waals surface area contributed by atoms with Gasteiger partial charge >= 0.3 is 0 Å². The van der Waals surface area contributed by atoms with Gasteiger partial charge in [0.25, 0.3) is 0 Å². The van der Waals surface area contributed by atoms with Crippen molar-refractivity contribution in [2.75, 3.05) is 7.11 Å². The van der Waals surface area contributed by atoms with Crippen LogP contribution >= 0.6 is 0 Å². The van der Waals surface area contributed by atoms with Gasteiger partial charge in [-0.2, -0.15) is 0 Å². The molecule has 0 aliphatic carbocycles. The highest BCUT2D eigenvalue weighted by atomic mass is 16.5. The summed E-state index contributed by atoms with van der Waals surface area (Å²) in [7, 11) is 3.60. The van der Waals surface area contributed by atoms with Crippen molar-refractivity contribution < 1.29 is 14.4 Å². The number of rotatable bonds is 4. The third-order valence-electron chi connectivity index (χ3n) is 2.99. The molecule has 94 valence electrons. The van der Waals surface area contributed by atoms with Crippen LogP contribution in [0.5, 0.6) is 5.75 Å². The highest BCUT2D eigenvalue weighted by Crippen LogP contribution is 2.24. The van der Waals surface area contributed by atoms with Crippen molar-refractivity contribution in [1.29, 1.82) is 0 Å². The van der Waals surface area contributed by atoms with E-state index >= 15 is 0 Å². The van der Waals surface area contributed by atoms with E-state index in [2.05, 4.69) is 0 Å². The van der Waals surface area contributed by atoms with Crippen molar-refractivity contribution in [1.82, 2.24) is 0 Å². The zero-order chi connectivity index (χ0) is 13.0. The molecule has 2 rings (SSSR count). The van der Waals surface area contributed by atoms with Crippen molar-refractivity contribution in [3.05, 3.63) is 59.9 Å². The molecule has 0 spiro atoms. The first-order valence-corrected chi connectivity index (χ1v) is 5.96. The van der Waals surface area contributed by atoms with E-state index in [0.717, 1.165) is 16.9 Å². The van der Waals surface area contributed by atoms with Crippen LogP contribution in [0.15, 0.2) is 48.8 Å². The Hall–Kier alpha value is -1.87. The van der Waals surface area contributed by atoms with Crippen LogP contribution in [-0.4, -0.2) is 12.2 Å². The smallest absolute Gasteiger partial charge is 0.168 e. The Morgan fingerprint density at radius 1 is 1.17 bits per heavy atom. The van der Waals surface area contributed by atoms with Gasteiger partial charge in [0.1, 0.15) is 12.8 Å². The molecular formula is C15H18NO2+. The third kappa shape index (κ3) is 2.87. The number of para-hydroxylation sites is 1. The van der Waals surface area contributed by atoms with E-state index in [4.69, 9.17) is 4.74 Å². The summed E-state index contributed by atoms with van der Waals surface area (Å²) in [6, 6.07) is 11.6. The molecule has 18 heavy (non-hydrogen) atoms. The predicted molar refractivity (Wildman–Crippen MR) is 69.3 cm³/mol. The van der Waals surface area contributed by atoms with Gasteiger partial charge in [-0.1, -0.05) is 18.2 Å². The topological polar surface area (TPSA) is 33.3 Å². The molecule has 1 atom stereocenters. The van der Waals surface area contributed by atoms with Crippen LogP contribution in [0.4, 0.5) is 0 Å². The van der Waals surface area contributed by atoms with Gasteiger partial charge in [-0.15, -0.1) is 0 Å². The quantitative estimate of drug-likeness (QED) is 0.832. The van der Waals surface area contributed by atoms with E-state index in [1.54, 1.807) is 7.11 Å². The van der Waals surface area contributed by atoms with E-state index < -0.39 is 6.10 Å². The molecule has 0 saturated heterocycles. The van der Waals surface area contributed by atoms with Crippen LogP contribution in [0, 0.1) is 0 Å². The lowest BCUT2D eigenvalue weighted by Crippen LogP contribution is -2.26. The minimum absolute atomic E-state index is 0.512. The molecule has 1 aromatic carbocycles. The van der Waals surface area contributed by atoms with Gasteiger partial charge in [0, 0.05) is 18.6 Å². The maximum absolute atomic E-state index is 10.2. The molecule has 0 saturated carbocycles. The maximum atomic E-state index is 10.2. The molecule has 1 aromatic heterocycles. The summed E-state index contributed by atoms with van der Waals surface area (Å²) < 4.78 is 7.23. The molecule has 0 aliphatic heterocycles. The average molecular weight is 244 g/mol. The third-order valence-corrected chi connectivity index (χ3v) is 2.99. The summed E-state index contributed by atoms with van der Waals surface area (Å²) in [5.74, 6) is 0.818. The zero-order valence-electron chi connectivity index (χ0n) is 10.7. The second-order valence-electron chi connectivity index (χ2n) is 4.33. The van der Waals surface area contributed by atoms with Gasteiger partial charge in [-0.05, 0) is 17.2 Å². The van der Waals surface area contributed by atoms with Crippen molar-refractivity contribution in [2.24, 2.45) is 7.05 Å². The first-order valence-electron chi connectivity index (χ1n) is 5.96. The number of aliphatic hydroxyl groups excluding tert-OH is 1. The number of methoxy groups -OCH3 is 1. The highest BCUT2D eigenvalue weighted by molar-refractivity contribution is 5.34. The molecular weight excluding hydrogens is 226 g/mol. The van der Waals surface area contributed by atoms with Crippen LogP contribution < -0.4 is 9.30 Å². The standard InChI is InChI=1S/C15H18NO2/c1-16-9-7-12(8-10-16)14(17)11-13-5-3-4-6-15(13)18-2/h3-10,14,17H,11H2,1-2H3/q+1. The van der Waals surface area contributed by atoms with Crippen LogP contribution in [0.3, 0.4) is 0 Å². The minimum Gasteiger partial charge on any atom is -0.496 e. The molecule has 3 nitrogen and oxygen atoms in total. The monoisotopic (exact) mass is 244 g/mol.